The number of nitrogens with two attached hydrogens (primary N) is 1. The molecule has 0 atom stereocenters. The maximum atomic E-state index is 11.9. The van der Waals surface area contributed by atoms with Crippen LogP contribution in [0.2, 0.25) is 0 Å². The quantitative estimate of drug-likeness (QED) is 0.823. The van der Waals surface area contributed by atoms with Crippen molar-refractivity contribution in [2.75, 3.05) is 20.2 Å². The van der Waals surface area contributed by atoms with Crippen LogP contribution < -0.4 is 5.73 Å². The molecule has 2 N–H and O–H groups in total. The van der Waals surface area contributed by atoms with Crippen LogP contribution >= 0.6 is 0 Å². The number of rotatable bonds is 4. The minimum absolute atomic E-state index is 0.171. The molecule has 0 saturated heterocycles. The molecule has 0 aliphatic heterocycles. The molecule has 0 radical (unpaired) electrons. The van der Waals surface area contributed by atoms with Gasteiger partial charge in [0.2, 0.25) is 0 Å². The second-order valence-electron chi connectivity index (χ2n) is 5.23. The standard InChI is InChI=1S/C13H26N2O2/c1-4-9-15(12(16)17-3)13(10-14)7-5-11(2)6-8-13/h11H,4-10,14H2,1-3H3. The number of nitrogens with zero attached hydrogens (tertiary/aromatic N) is 1. The second-order valence-corrected chi connectivity index (χ2v) is 5.23. The highest BCUT2D eigenvalue weighted by molar-refractivity contribution is 5.68. The molecule has 1 saturated carbocycles. The Balaban J connectivity index is 2.83. The normalized spacial score (nSPS) is 28.8. The lowest BCUT2D eigenvalue weighted by Gasteiger charge is -2.46. The molecule has 1 amide bonds. The molecule has 17 heavy (non-hydrogen) atoms. The summed E-state index contributed by atoms with van der Waals surface area (Å²) < 4.78 is 4.90. The smallest absolute Gasteiger partial charge is 0.409 e. The number of ether oxygens (including phenoxy) is 1. The van der Waals surface area contributed by atoms with Gasteiger partial charge in [0.05, 0.1) is 12.6 Å². The fourth-order valence-electron chi connectivity index (χ4n) is 2.74. The van der Waals surface area contributed by atoms with E-state index < -0.39 is 0 Å². The van der Waals surface area contributed by atoms with E-state index in [-0.39, 0.29) is 11.6 Å². The van der Waals surface area contributed by atoms with Crippen molar-refractivity contribution in [3.63, 3.8) is 0 Å². The summed E-state index contributed by atoms with van der Waals surface area (Å²) in [6.45, 7) is 5.61. The van der Waals surface area contributed by atoms with E-state index in [4.69, 9.17) is 10.5 Å². The molecule has 0 aromatic rings. The van der Waals surface area contributed by atoms with Crippen LogP contribution in [0.3, 0.4) is 0 Å². The largest absolute Gasteiger partial charge is 0.453 e. The molecule has 0 bridgehead atoms. The molecule has 1 aliphatic carbocycles. The van der Waals surface area contributed by atoms with Crippen molar-refractivity contribution in [1.82, 2.24) is 4.90 Å². The molecule has 1 rings (SSSR count). The van der Waals surface area contributed by atoms with Gasteiger partial charge in [-0.2, -0.15) is 0 Å². The van der Waals surface area contributed by atoms with Crippen LogP contribution in [0.15, 0.2) is 0 Å². The van der Waals surface area contributed by atoms with E-state index in [9.17, 15) is 4.79 Å². The highest BCUT2D eigenvalue weighted by atomic mass is 16.5. The Morgan fingerprint density at radius 3 is 2.47 bits per heavy atom. The SMILES string of the molecule is CCCN(C(=O)OC)C1(CN)CCC(C)CC1. The van der Waals surface area contributed by atoms with Gasteiger partial charge in [-0.3, -0.25) is 0 Å². The third kappa shape index (κ3) is 3.12. The monoisotopic (exact) mass is 242 g/mol. The molecule has 0 unspecified atom stereocenters. The van der Waals surface area contributed by atoms with E-state index in [1.165, 1.54) is 7.11 Å². The summed E-state index contributed by atoms with van der Waals surface area (Å²) in [4.78, 5) is 13.8. The Hall–Kier alpha value is -0.770. The number of amides is 1. The predicted molar refractivity (Wildman–Crippen MR) is 68.8 cm³/mol. The van der Waals surface area contributed by atoms with Gasteiger partial charge >= 0.3 is 6.09 Å². The van der Waals surface area contributed by atoms with E-state index in [0.717, 1.165) is 44.6 Å². The van der Waals surface area contributed by atoms with Crippen LogP contribution in [-0.4, -0.2) is 36.7 Å². The van der Waals surface area contributed by atoms with Crippen LogP contribution in [0.4, 0.5) is 4.79 Å². The molecule has 4 heteroatoms. The highest BCUT2D eigenvalue weighted by Gasteiger charge is 2.41. The molecule has 0 heterocycles. The van der Waals surface area contributed by atoms with Crippen LogP contribution in [0.1, 0.15) is 46.0 Å². The molecular weight excluding hydrogens is 216 g/mol. The van der Waals surface area contributed by atoms with Gasteiger partial charge in [-0.15, -0.1) is 0 Å². The predicted octanol–water partition coefficient (Wildman–Crippen LogP) is 2.37. The Morgan fingerprint density at radius 1 is 1.47 bits per heavy atom. The van der Waals surface area contributed by atoms with Crippen molar-refractivity contribution in [1.29, 1.82) is 0 Å². The summed E-state index contributed by atoms with van der Waals surface area (Å²) in [5, 5.41) is 0. The first-order valence-corrected chi connectivity index (χ1v) is 6.65. The zero-order valence-electron chi connectivity index (χ0n) is 11.4. The van der Waals surface area contributed by atoms with Gasteiger partial charge < -0.3 is 15.4 Å². The first-order chi connectivity index (χ1) is 8.09. The third-order valence-electron chi connectivity index (χ3n) is 4.00. The lowest BCUT2D eigenvalue weighted by atomic mass is 9.76. The average Bonchev–Trinajstić information content (AvgIpc) is 2.37. The fourth-order valence-corrected chi connectivity index (χ4v) is 2.74. The summed E-state index contributed by atoms with van der Waals surface area (Å²) in [7, 11) is 1.45. The van der Waals surface area contributed by atoms with Gasteiger partial charge in [-0.25, -0.2) is 4.79 Å². The molecular formula is C13H26N2O2. The third-order valence-corrected chi connectivity index (χ3v) is 4.00. The number of methoxy groups -OCH3 is 1. The van der Waals surface area contributed by atoms with Crippen molar-refractivity contribution >= 4 is 6.09 Å². The Kier molecular flexibility index (Phi) is 5.25. The van der Waals surface area contributed by atoms with Gasteiger partial charge in [0.15, 0.2) is 0 Å². The topological polar surface area (TPSA) is 55.6 Å². The Bertz CT molecular complexity index is 248. The minimum Gasteiger partial charge on any atom is -0.453 e. The molecule has 0 aromatic carbocycles. The molecule has 0 spiro atoms. The van der Waals surface area contributed by atoms with Crippen molar-refractivity contribution in [2.45, 2.75) is 51.5 Å². The van der Waals surface area contributed by atoms with Crippen LogP contribution in [-0.2, 0) is 4.74 Å². The summed E-state index contributed by atoms with van der Waals surface area (Å²) in [5.41, 5.74) is 5.79. The van der Waals surface area contributed by atoms with Crippen LogP contribution in [0, 0.1) is 5.92 Å². The summed E-state index contributed by atoms with van der Waals surface area (Å²) in [6, 6.07) is 0. The van der Waals surface area contributed by atoms with Gasteiger partial charge in [0.1, 0.15) is 0 Å². The molecule has 1 fully saturated rings. The highest BCUT2D eigenvalue weighted by Crippen LogP contribution is 2.36. The van der Waals surface area contributed by atoms with Crippen molar-refractivity contribution < 1.29 is 9.53 Å². The number of hydrogen-bond donors (Lipinski definition) is 1. The lowest BCUT2D eigenvalue weighted by Crippen LogP contribution is -2.58. The zero-order valence-corrected chi connectivity index (χ0v) is 11.4. The van der Waals surface area contributed by atoms with Crippen molar-refractivity contribution in [3.05, 3.63) is 0 Å². The van der Waals surface area contributed by atoms with E-state index in [1.807, 2.05) is 4.90 Å². The first kappa shape index (κ1) is 14.3. The number of carbonyl (C=O) groups excluding carboxylic acids is 1. The van der Waals surface area contributed by atoms with E-state index in [0.29, 0.717) is 6.54 Å². The Labute approximate surface area is 104 Å². The molecule has 0 aromatic heterocycles. The maximum absolute atomic E-state index is 11.9. The Morgan fingerprint density at radius 2 is 2.06 bits per heavy atom. The number of hydrogen-bond acceptors (Lipinski definition) is 3. The van der Waals surface area contributed by atoms with Gasteiger partial charge in [0.25, 0.3) is 0 Å². The summed E-state index contributed by atoms with van der Waals surface area (Å²) in [6.07, 6.45) is 5.00. The van der Waals surface area contributed by atoms with Gasteiger partial charge in [0, 0.05) is 13.1 Å². The van der Waals surface area contributed by atoms with E-state index in [2.05, 4.69) is 13.8 Å². The summed E-state index contributed by atoms with van der Waals surface area (Å²) in [5.74, 6) is 0.746. The summed E-state index contributed by atoms with van der Waals surface area (Å²) >= 11 is 0. The second kappa shape index (κ2) is 6.24. The van der Waals surface area contributed by atoms with Gasteiger partial charge in [-0.05, 0) is 38.0 Å². The fraction of sp³-hybridized carbons (Fsp3) is 0.923. The van der Waals surface area contributed by atoms with E-state index in [1.54, 1.807) is 0 Å². The molecule has 4 nitrogen and oxygen atoms in total. The maximum Gasteiger partial charge on any atom is 0.409 e. The zero-order chi connectivity index (χ0) is 12.9. The first-order valence-electron chi connectivity index (χ1n) is 6.65. The lowest BCUT2D eigenvalue weighted by molar-refractivity contribution is 0.0359. The minimum atomic E-state index is -0.230. The van der Waals surface area contributed by atoms with Crippen molar-refractivity contribution in [3.8, 4) is 0 Å². The van der Waals surface area contributed by atoms with Gasteiger partial charge in [-0.1, -0.05) is 13.8 Å². The van der Waals surface area contributed by atoms with E-state index >= 15 is 0 Å². The van der Waals surface area contributed by atoms with Crippen LogP contribution in [0.25, 0.3) is 0 Å². The van der Waals surface area contributed by atoms with Crippen molar-refractivity contribution in [2.24, 2.45) is 11.7 Å². The van der Waals surface area contributed by atoms with Crippen LogP contribution in [0.5, 0.6) is 0 Å². The molecule has 1 aliphatic rings. The average molecular weight is 242 g/mol. The molecule has 100 valence electrons. The number of carbonyl (C=O) groups is 1.